The highest BCUT2D eigenvalue weighted by atomic mass is 35.5. The molecule has 5 nitrogen and oxygen atoms in total. The second-order valence-electron chi connectivity index (χ2n) is 7.30. The molecule has 0 unspecified atom stereocenters. The van der Waals surface area contributed by atoms with Crippen LogP contribution in [0.2, 0.25) is 5.02 Å². The average molecular weight is 466 g/mol. The maximum absolute atomic E-state index is 13.4. The van der Waals surface area contributed by atoms with Gasteiger partial charge in [0.2, 0.25) is 10.0 Å². The van der Waals surface area contributed by atoms with Gasteiger partial charge in [-0.3, -0.25) is 0 Å². The predicted octanol–water partition coefficient (Wildman–Crippen LogP) is 4.73. The molecule has 1 fully saturated rings. The molecule has 30 heavy (non-hydrogen) atoms. The van der Waals surface area contributed by atoms with Gasteiger partial charge < -0.3 is 4.90 Å². The van der Waals surface area contributed by atoms with Gasteiger partial charge in [-0.25, -0.2) is 17.8 Å². The van der Waals surface area contributed by atoms with Crippen LogP contribution in [0.5, 0.6) is 0 Å². The predicted molar refractivity (Wildman–Crippen MR) is 119 cm³/mol. The Bertz CT molecular complexity index is 1190. The number of rotatable bonds is 4. The molecule has 0 aliphatic carbocycles. The van der Waals surface area contributed by atoms with Crippen LogP contribution in [0.15, 0.2) is 46.7 Å². The third-order valence-electron chi connectivity index (χ3n) is 5.20. The van der Waals surface area contributed by atoms with Gasteiger partial charge in [0.25, 0.3) is 0 Å². The SMILES string of the molecule is Cc1ccc(C)c(-c2csc(N3CCN(S(=O)(=O)c4ccc(F)c(Cl)c4)CC3)n2)c1. The Labute approximate surface area is 184 Å². The normalized spacial score (nSPS) is 15.5. The van der Waals surface area contributed by atoms with Crippen LogP contribution in [-0.4, -0.2) is 43.9 Å². The topological polar surface area (TPSA) is 53.5 Å². The molecule has 0 saturated carbocycles. The van der Waals surface area contributed by atoms with E-state index < -0.39 is 15.8 Å². The molecule has 2 heterocycles. The number of thiazole rings is 1. The van der Waals surface area contributed by atoms with Crippen molar-refractivity contribution in [3.8, 4) is 11.3 Å². The van der Waals surface area contributed by atoms with Crippen molar-refractivity contribution in [2.75, 3.05) is 31.1 Å². The maximum Gasteiger partial charge on any atom is 0.243 e. The fourth-order valence-corrected chi connectivity index (χ4v) is 6.02. The van der Waals surface area contributed by atoms with E-state index in [0.717, 1.165) is 28.5 Å². The number of halogens is 2. The highest BCUT2D eigenvalue weighted by Crippen LogP contribution is 2.31. The summed E-state index contributed by atoms with van der Waals surface area (Å²) >= 11 is 7.32. The van der Waals surface area contributed by atoms with Crippen LogP contribution < -0.4 is 4.90 Å². The molecule has 0 N–H and O–H groups in total. The Morgan fingerprint density at radius 1 is 1.07 bits per heavy atom. The lowest BCUT2D eigenvalue weighted by molar-refractivity contribution is 0.384. The minimum atomic E-state index is -3.72. The van der Waals surface area contributed by atoms with Gasteiger partial charge in [-0.1, -0.05) is 29.3 Å². The van der Waals surface area contributed by atoms with Crippen molar-refractivity contribution in [2.24, 2.45) is 0 Å². The molecular weight excluding hydrogens is 445 g/mol. The van der Waals surface area contributed by atoms with E-state index in [9.17, 15) is 12.8 Å². The molecule has 3 aromatic rings. The summed E-state index contributed by atoms with van der Waals surface area (Å²) in [5.74, 6) is -0.635. The number of aryl methyl sites for hydroxylation is 2. The molecule has 158 valence electrons. The largest absolute Gasteiger partial charge is 0.345 e. The fourth-order valence-electron chi connectivity index (χ4n) is 3.45. The quantitative estimate of drug-likeness (QED) is 0.559. The van der Waals surface area contributed by atoms with Crippen LogP contribution in [0, 0.1) is 19.7 Å². The summed E-state index contributed by atoms with van der Waals surface area (Å²) in [6.45, 7) is 5.86. The van der Waals surface area contributed by atoms with Gasteiger partial charge in [0, 0.05) is 37.1 Å². The number of anilines is 1. The fraction of sp³-hybridized carbons (Fsp3) is 0.286. The Kier molecular flexibility index (Phi) is 5.85. The lowest BCUT2D eigenvalue weighted by atomic mass is 10.0. The Morgan fingerprint density at radius 2 is 1.80 bits per heavy atom. The summed E-state index contributed by atoms with van der Waals surface area (Å²) < 4.78 is 40.5. The van der Waals surface area contributed by atoms with Crippen molar-refractivity contribution in [3.05, 3.63) is 63.7 Å². The smallest absolute Gasteiger partial charge is 0.243 e. The van der Waals surface area contributed by atoms with Crippen molar-refractivity contribution in [1.29, 1.82) is 0 Å². The molecule has 1 aromatic heterocycles. The van der Waals surface area contributed by atoms with Crippen LogP contribution in [0.1, 0.15) is 11.1 Å². The number of hydrogen-bond acceptors (Lipinski definition) is 5. The summed E-state index contributed by atoms with van der Waals surface area (Å²) in [7, 11) is -3.72. The maximum atomic E-state index is 13.4. The minimum absolute atomic E-state index is 0.00816. The molecule has 0 amide bonds. The van der Waals surface area contributed by atoms with Gasteiger partial charge in [-0.2, -0.15) is 4.31 Å². The lowest BCUT2D eigenvalue weighted by Crippen LogP contribution is -2.48. The molecular formula is C21H21ClFN3O2S2. The van der Waals surface area contributed by atoms with Crippen molar-refractivity contribution in [3.63, 3.8) is 0 Å². The molecule has 9 heteroatoms. The summed E-state index contributed by atoms with van der Waals surface area (Å²) in [6, 6.07) is 9.80. The molecule has 0 spiro atoms. The lowest BCUT2D eigenvalue weighted by Gasteiger charge is -2.33. The van der Waals surface area contributed by atoms with Gasteiger partial charge >= 0.3 is 0 Å². The molecule has 0 radical (unpaired) electrons. The molecule has 0 atom stereocenters. The minimum Gasteiger partial charge on any atom is -0.345 e. The zero-order valence-corrected chi connectivity index (χ0v) is 19.0. The zero-order chi connectivity index (χ0) is 21.5. The van der Waals surface area contributed by atoms with E-state index in [4.69, 9.17) is 16.6 Å². The molecule has 1 saturated heterocycles. The third-order valence-corrected chi connectivity index (χ3v) is 8.28. The zero-order valence-electron chi connectivity index (χ0n) is 16.6. The highest BCUT2D eigenvalue weighted by molar-refractivity contribution is 7.89. The number of benzene rings is 2. The van der Waals surface area contributed by atoms with Gasteiger partial charge in [-0.05, 0) is 43.7 Å². The van der Waals surface area contributed by atoms with Crippen molar-refractivity contribution < 1.29 is 12.8 Å². The first-order chi connectivity index (χ1) is 14.3. The summed E-state index contributed by atoms with van der Waals surface area (Å²) in [4.78, 5) is 6.90. The van der Waals surface area contributed by atoms with Crippen molar-refractivity contribution in [2.45, 2.75) is 18.7 Å². The van der Waals surface area contributed by atoms with E-state index in [1.54, 1.807) is 11.3 Å². The molecule has 4 rings (SSSR count). The van der Waals surface area contributed by atoms with Gasteiger partial charge in [-0.15, -0.1) is 11.3 Å². The first kappa shape index (κ1) is 21.2. The van der Waals surface area contributed by atoms with E-state index in [1.165, 1.54) is 21.5 Å². The summed E-state index contributed by atoms with van der Waals surface area (Å²) in [5, 5.41) is 2.73. The summed E-state index contributed by atoms with van der Waals surface area (Å²) in [5.41, 5.74) is 4.41. The van der Waals surface area contributed by atoms with Crippen LogP contribution >= 0.6 is 22.9 Å². The van der Waals surface area contributed by atoms with Crippen LogP contribution in [0.25, 0.3) is 11.3 Å². The number of sulfonamides is 1. The van der Waals surface area contributed by atoms with E-state index in [1.807, 2.05) is 5.38 Å². The van der Waals surface area contributed by atoms with E-state index in [-0.39, 0.29) is 9.92 Å². The van der Waals surface area contributed by atoms with Gasteiger partial charge in [0.15, 0.2) is 5.13 Å². The highest BCUT2D eigenvalue weighted by Gasteiger charge is 2.30. The van der Waals surface area contributed by atoms with E-state index in [0.29, 0.717) is 26.2 Å². The second-order valence-corrected chi connectivity index (χ2v) is 10.5. The monoisotopic (exact) mass is 465 g/mol. The molecule has 2 aromatic carbocycles. The van der Waals surface area contributed by atoms with Crippen LogP contribution in [0.3, 0.4) is 0 Å². The molecule has 0 bridgehead atoms. The average Bonchev–Trinajstić information content (AvgIpc) is 3.22. The molecule has 1 aliphatic rings. The second kappa shape index (κ2) is 8.26. The van der Waals surface area contributed by atoms with Crippen molar-refractivity contribution in [1.82, 2.24) is 9.29 Å². The Hall–Kier alpha value is -2.00. The number of hydrogen-bond donors (Lipinski definition) is 0. The first-order valence-corrected chi connectivity index (χ1v) is 12.2. The van der Waals surface area contributed by atoms with E-state index in [2.05, 4.69) is 36.9 Å². The van der Waals surface area contributed by atoms with Gasteiger partial charge in [0.05, 0.1) is 15.6 Å². The van der Waals surface area contributed by atoms with E-state index >= 15 is 0 Å². The third kappa shape index (κ3) is 4.09. The Morgan fingerprint density at radius 3 is 2.50 bits per heavy atom. The first-order valence-electron chi connectivity index (χ1n) is 9.49. The number of piperazine rings is 1. The standard InChI is InChI=1S/C21H21ClFN3O2S2/c1-14-3-4-15(2)17(11-14)20-13-29-21(24-20)25-7-9-26(10-8-25)30(27,28)16-5-6-19(23)18(22)12-16/h3-6,11-13H,7-10H2,1-2H3. The molecule has 1 aliphatic heterocycles. The number of aromatic nitrogens is 1. The Balaban J connectivity index is 1.48. The van der Waals surface area contributed by atoms with Gasteiger partial charge in [0.1, 0.15) is 5.82 Å². The van der Waals surface area contributed by atoms with Crippen molar-refractivity contribution >= 4 is 38.1 Å². The van der Waals surface area contributed by atoms with Crippen LogP contribution in [0.4, 0.5) is 9.52 Å². The summed E-state index contributed by atoms with van der Waals surface area (Å²) in [6.07, 6.45) is 0. The number of nitrogens with zero attached hydrogens (tertiary/aromatic N) is 3. The van der Waals surface area contributed by atoms with Crippen LogP contribution in [-0.2, 0) is 10.0 Å².